The number of hydrogen-bond donors (Lipinski definition) is 2. The number of rotatable bonds is 7. The van der Waals surface area contributed by atoms with Gasteiger partial charge in [-0.25, -0.2) is 5.43 Å². The maximum absolute atomic E-state index is 10.7. The van der Waals surface area contributed by atoms with E-state index >= 15 is 0 Å². The van der Waals surface area contributed by atoms with Gasteiger partial charge in [-0.1, -0.05) is 34.8 Å². The Balaban J connectivity index is 1.78. The third-order valence-electron chi connectivity index (χ3n) is 3.91. The number of hydrogen-bond acceptors (Lipinski definition) is 9. The van der Waals surface area contributed by atoms with Crippen LogP contribution in [0, 0.1) is 11.3 Å². The van der Waals surface area contributed by atoms with Crippen molar-refractivity contribution in [3.8, 4) is 17.7 Å². The molecular formula is C17H15Cl3N6O3. The molecule has 0 bridgehead atoms. The summed E-state index contributed by atoms with van der Waals surface area (Å²) in [5.41, 5.74) is 6.31. The molecule has 0 spiro atoms. The van der Waals surface area contributed by atoms with Gasteiger partial charge in [0, 0.05) is 19.2 Å². The molecule has 29 heavy (non-hydrogen) atoms. The lowest BCUT2D eigenvalue weighted by Gasteiger charge is -2.29. The van der Waals surface area contributed by atoms with E-state index in [4.69, 9.17) is 49.5 Å². The summed E-state index contributed by atoms with van der Waals surface area (Å²) in [6.45, 7) is 2.52. The van der Waals surface area contributed by atoms with Crippen LogP contribution in [-0.4, -0.2) is 48.8 Å². The Bertz CT molecular complexity index is 910. The fourth-order valence-corrected chi connectivity index (χ4v) is 3.29. The fraction of sp³-hybridized carbons (Fsp3) is 0.294. The van der Waals surface area contributed by atoms with Gasteiger partial charge in [-0.3, -0.25) is 0 Å². The molecule has 1 saturated heterocycles. The van der Waals surface area contributed by atoms with Crippen molar-refractivity contribution < 1.29 is 14.3 Å². The molecule has 1 aromatic carbocycles. The number of ether oxygens (including phenoxy) is 2. The Morgan fingerprint density at radius 2 is 1.90 bits per heavy atom. The van der Waals surface area contributed by atoms with Gasteiger partial charge in [0.2, 0.25) is 5.88 Å². The Labute approximate surface area is 181 Å². The molecule has 0 amide bonds. The zero-order valence-electron chi connectivity index (χ0n) is 14.9. The standard InChI is InChI=1S/C17H15Cl3N6O3/c18-12-5-10(22-23-11(8-21)9-27)6-13(19)16(12)29-15-7-14(17(20)25-24-15)26-1-3-28-4-2-26/h5-7,9,11,22-23H,1-4H2. The summed E-state index contributed by atoms with van der Waals surface area (Å²) in [6, 6.07) is 5.43. The number of benzene rings is 1. The predicted octanol–water partition coefficient (Wildman–Crippen LogP) is 3.07. The minimum absolute atomic E-state index is 0.170. The van der Waals surface area contributed by atoms with E-state index in [1.807, 2.05) is 4.90 Å². The second-order valence-corrected chi connectivity index (χ2v) is 7.01. The highest BCUT2D eigenvalue weighted by atomic mass is 35.5. The third-order valence-corrected chi connectivity index (χ3v) is 4.74. The molecule has 3 rings (SSSR count). The molecular weight excluding hydrogens is 443 g/mol. The first-order valence-corrected chi connectivity index (χ1v) is 9.54. The molecule has 0 saturated carbocycles. The van der Waals surface area contributed by atoms with E-state index in [0.29, 0.717) is 44.0 Å². The molecule has 1 atom stereocenters. The predicted molar refractivity (Wildman–Crippen MR) is 109 cm³/mol. The summed E-state index contributed by atoms with van der Waals surface area (Å²) < 4.78 is 11.1. The second-order valence-electron chi connectivity index (χ2n) is 5.84. The summed E-state index contributed by atoms with van der Waals surface area (Å²) >= 11 is 18.7. The number of nitrogens with zero attached hydrogens (tertiary/aromatic N) is 4. The number of aromatic nitrogens is 2. The third kappa shape index (κ3) is 5.38. The van der Waals surface area contributed by atoms with Gasteiger partial charge in [0.1, 0.15) is 0 Å². The normalized spacial score (nSPS) is 14.8. The molecule has 2 heterocycles. The number of aldehydes is 1. The molecule has 0 radical (unpaired) electrons. The largest absolute Gasteiger partial charge is 0.434 e. The highest BCUT2D eigenvalue weighted by molar-refractivity contribution is 6.37. The number of halogens is 3. The van der Waals surface area contributed by atoms with Gasteiger partial charge in [-0.05, 0) is 12.1 Å². The highest BCUT2D eigenvalue weighted by Crippen LogP contribution is 2.39. The topological polar surface area (TPSA) is 112 Å². The molecule has 1 aliphatic heterocycles. The molecule has 1 aliphatic rings. The first kappa shape index (κ1) is 21.4. The van der Waals surface area contributed by atoms with Gasteiger partial charge in [-0.15, -0.1) is 10.2 Å². The van der Waals surface area contributed by atoms with Crippen LogP contribution < -0.4 is 20.5 Å². The zero-order valence-corrected chi connectivity index (χ0v) is 17.1. The first-order chi connectivity index (χ1) is 14.0. The van der Waals surface area contributed by atoms with Gasteiger partial charge in [0.25, 0.3) is 0 Å². The molecule has 1 fully saturated rings. The second kappa shape index (κ2) is 9.91. The summed E-state index contributed by atoms with van der Waals surface area (Å²) in [5.74, 6) is 0.347. The van der Waals surface area contributed by atoms with E-state index in [-0.39, 0.29) is 26.8 Å². The van der Waals surface area contributed by atoms with Crippen molar-refractivity contribution >= 4 is 52.5 Å². The van der Waals surface area contributed by atoms with E-state index in [1.165, 1.54) is 12.1 Å². The van der Waals surface area contributed by atoms with Crippen LogP contribution in [0.25, 0.3) is 0 Å². The molecule has 1 unspecified atom stereocenters. The molecule has 0 aliphatic carbocycles. The lowest BCUT2D eigenvalue weighted by molar-refractivity contribution is -0.108. The smallest absolute Gasteiger partial charge is 0.241 e. The minimum atomic E-state index is -1.02. The molecule has 9 nitrogen and oxygen atoms in total. The van der Waals surface area contributed by atoms with Crippen molar-refractivity contribution in [2.24, 2.45) is 0 Å². The van der Waals surface area contributed by atoms with Gasteiger partial charge >= 0.3 is 0 Å². The zero-order chi connectivity index (χ0) is 20.8. The summed E-state index contributed by atoms with van der Waals surface area (Å²) in [5, 5.41) is 17.3. The first-order valence-electron chi connectivity index (χ1n) is 8.41. The lowest BCUT2D eigenvalue weighted by atomic mass is 10.3. The Morgan fingerprint density at radius 3 is 2.52 bits per heavy atom. The van der Waals surface area contributed by atoms with Crippen LogP contribution in [0.1, 0.15) is 0 Å². The number of hydrazine groups is 1. The quantitative estimate of drug-likeness (QED) is 0.478. The molecule has 2 aromatic rings. The van der Waals surface area contributed by atoms with Crippen molar-refractivity contribution in [1.82, 2.24) is 15.6 Å². The summed E-state index contributed by atoms with van der Waals surface area (Å²) in [4.78, 5) is 12.7. The van der Waals surface area contributed by atoms with Crippen LogP contribution in [0.15, 0.2) is 18.2 Å². The van der Waals surface area contributed by atoms with Crippen LogP contribution >= 0.6 is 34.8 Å². The van der Waals surface area contributed by atoms with Crippen molar-refractivity contribution in [1.29, 1.82) is 5.26 Å². The Kier molecular flexibility index (Phi) is 7.30. The molecule has 12 heteroatoms. The van der Waals surface area contributed by atoms with Crippen LogP contribution in [0.2, 0.25) is 15.2 Å². The van der Waals surface area contributed by atoms with Crippen LogP contribution in [0.4, 0.5) is 11.4 Å². The van der Waals surface area contributed by atoms with Crippen LogP contribution in [-0.2, 0) is 9.53 Å². The van der Waals surface area contributed by atoms with Gasteiger partial charge < -0.3 is 24.6 Å². The number of nitriles is 1. The molecule has 152 valence electrons. The van der Waals surface area contributed by atoms with E-state index in [0.717, 1.165) is 0 Å². The highest BCUT2D eigenvalue weighted by Gasteiger charge is 2.19. The Hall–Kier alpha value is -2.35. The molecule has 1 aromatic heterocycles. The number of carbonyl (C=O) groups excluding carboxylic acids is 1. The van der Waals surface area contributed by atoms with E-state index in [1.54, 1.807) is 12.1 Å². The fourth-order valence-electron chi connectivity index (χ4n) is 2.52. The van der Waals surface area contributed by atoms with Crippen molar-refractivity contribution in [3.05, 3.63) is 33.4 Å². The van der Waals surface area contributed by atoms with Crippen molar-refractivity contribution in [3.63, 3.8) is 0 Å². The summed E-state index contributed by atoms with van der Waals surface area (Å²) in [7, 11) is 0. The van der Waals surface area contributed by atoms with Gasteiger partial charge in [0.15, 0.2) is 23.2 Å². The van der Waals surface area contributed by atoms with E-state index in [2.05, 4.69) is 21.0 Å². The monoisotopic (exact) mass is 456 g/mol. The number of morpholine rings is 1. The van der Waals surface area contributed by atoms with E-state index < -0.39 is 6.04 Å². The minimum Gasteiger partial charge on any atom is -0.434 e. The van der Waals surface area contributed by atoms with E-state index in [9.17, 15) is 4.79 Å². The van der Waals surface area contributed by atoms with Crippen molar-refractivity contribution in [2.75, 3.05) is 36.6 Å². The van der Waals surface area contributed by atoms with Gasteiger partial charge in [-0.2, -0.15) is 5.26 Å². The molecule has 2 N–H and O–H groups in total. The maximum atomic E-state index is 10.7. The number of nitrogens with one attached hydrogen (secondary N) is 2. The van der Waals surface area contributed by atoms with Crippen LogP contribution in [0.3, 0.4) is 0 Å². The van der Waals surface area contributed by atoms with Gasteiger partial charge in [0.05, 0.1) is 40.7 Å². The lowest BCUT2D eigenvalue weighted by Crippen LogP contribution is -2.36. The average Bonchev–Trinajstić information content (AvgIpc) is 2.73. The summed E-state index contributed by atoms with van der Waals surface area (Å²) in [6.07, 6.45) is 0.457. The maximum Gasteiger partial charge on any atom is 0.241 e. The average molecular weight is 458 g/mol. The number of anilines is 2. The Morgan fingerprint density at radius 1 is 1.21 bits per heavy atom. The van der Waals surface area contributed by atoms with Crippen molar-refractivity contribution in [2.45, 2.75) is 6.04 Å². The van der Waals surface area contributed by atoms with Crippen LogP contribution in [0.5, 0.6) is 11.6 Å². The number of carbonyl (C=O) groups is 1. The SMILES string of the molecule is N#CC(C=O)NNc1cc(Cl)c(Oc2cc(N3CCOCC3)c(Cl)nn2)c(Cl)c1.